The second-order valence-electron chi connectivity index (χ2n) is 2.77. The first-order valence-electron chi connectivity index (χ1n) is 4.04. The first kappa shape index (κ1) is 15.0. The fourth-order valence-electron chi connectivity index (χ4n) is 0.665. The fraction of sp³-hybridized carbons (Fsp3) is 0.714. The van der Waals surface area contributed by atoms with Gasteiger partial charge in [0.2, 0.25) is 6.41 Å². The van der Waals surface area contributed by atoms with E-state index in [0.717, 1.165) is 0 Å². The van der Waals surface area contributed by atoms with E-state index in [9.17, 15) is 22.8 Å². The molecule has 0 aromatic carbocycles. The van der Waals surface area contributed by atoms with Crippen LogP contribution < -0.4 is 5.32 Å². The lowest BCUT2D eigenvalue weighted by Crippen LogP contribution is -2.38. The Labute approximate surface area is 93.0 Å². The van der Waals surface area contributed by atoms with Crippen molar-refractivity contribution in [1.82, 2.24) is 5.32 Å². The van der Waals surface area contributed by atoms with Crippen LogP contribution >= 0.6 is 11.8 Å². The molecule has 1 amide bonds. The molecule has 0 radical (unpaired) electrons. The van der Waals surface area contributed by atoms with Crippen LogP contribution in [0.5, 0.6) is 0 Å². The van der Waals surface area contributed by atoms with Crippen LogP contribution in [0.15, 0.2) is 0 Å². The Bertz CT molecular complexity index is 248. The van der Waals surface area contributed by atoms with Crippen LogP contribution in [-0.4, -0.2) is 52.4 Å². The molecular weight excluding hydrogens is 251 g/mol. The minimum atomic E-state index is -4.72. The molecule has 94 valence electrons. The standard InChI is InChI=1S/C7H10F3NO4S/c8-7(9,10)5(13)2-16-1-4(6(14)15)11-3-12/h3-5,13H,1-2H2,(H,11,12)(H,14,15). The molecule has 0 saturated heterocycles. The lowest BCUT2D eigenvalue weighted by atomic mass is 10.3. The van der Waals surface area contributed by atoms with Crippen LogP contribution in [0.3, 0.4) is 0 Å². The van der Waals surface area contributed by atoms with Gasteiger partial charge in [0.05, 0.1) is 0 Å². The third kappa shape index (κ3) is 5.81. The molecule has 0 rings (SSSR count). The van der Waals surface area contributed by atoms with E-state index in [-0.39, 0.29) is 12.2 Å². The molecule has 0 saturated carbocycles. The Balaban J connectivity index is 3.95. The summed E-state index contributed by atoms with van der Waals surface area (Å²) in [5.74, 6) is -2.27. The van der Waals surface area contributed by atoms with Crippen LogP contribution in [0.4, 0.5) is 13.2 Å². The van der Waals surface area contributed by atoms with E-state index < -0.39 is 30.0 Å². The Hall–Kier alpha value is -0.960. The zero-order chi connectivity index (χ0) is 12.8. The zero-order valence-electron chi connectivity index (χ0n) is 7.90. The van der Waals surface area contributed by atoms with Gasteiger partial charge in [-0.15, -0.1) is 0 Å². The first-order chi connectivity index (χ1) is 7.29. The Morgan fingerprint density at radius 2 is 2.00 bits per heavy atom. The molecule has 0 heterocycles. The maximum absolute atomic E-state index is 11.8. The number of alkyl halides is 3. The molecule has 0 aliphatic rings. The van der Waals surface area contributed by atoms with Gasteiger partial charge in [-0.05, 0) is 0 Å². The van der Waals surface area contributed by atoms with Gasteiger partial charge in [0.1, 0.15) is 6.04 Å². The Kier molecular flexibility index (Phi) is 6.19. The highest BCUT2D eigenvalue weighted by atomic mass is 32.2. The van der Waals surface area contributed by atoms with E-state index >= 15 is 0 Å². The molecule has 16 heavy (non-hydrogen) atoms. The van der Waals surface area contributed by atoms with E-state index in [2.05, 4.69) is 0 Å². The van der Waals surface area contributed by atoms with Crippen molar-refractivity contribution in [2.75, 3.05) is 11.5 Å². The van der Waals surface area contributed by atoms with Crippen molar-refractivity contribution in [3.63, 3.8) is 0 Å². The van der Waals surface area contributed by atoms with Gasteiger partial charge in [0, 0.05) is 11.5 Å². The molecule has 5 nitrogen and oxygen atoms in total. The Morgan fingerprint density at radius 3 is 2.38 bits per heavy atom. The van der Waals surface area contributed by atoms with Crippen molar-refractivity contribution in [2.45, 2.75) is 18.3 Å². The molecule has 2 unspecified atom stereocenters. The minimum Gasteiger partial charge on any atom is -0.480 e. The fourth-order valence-corrected chi connectivity index (χ4v) is 1.69. The third-order valence-electron chi connectivity index (χ3n) is 1.51. The number of amides is 1. The summed E-state index contributed by atoms with van der Waals surface area (Å²) < 4.78 is 35.5. The predicted molar refractivity (Wildman–Crippen MR) is 50.0 cm³/mol. The SMILES string of the molecule is O=CNC(CSCC(O)C(F)(F)F)C(=O)O. The molecule has 0 aromatic heterocycles. The molecule has 0 aliphatic heterocycles. The lowest BCUT2D eigenvalue weighted by Gasteiger charge is -2.15. The molecule has 0 aromatic rings. The highest BCUT2D eigenvalue weighted by Crippen LogP contribution is 2.23. The number of carbonyl (C=O) groups is 2. The molecule has 2 atom stereocenters. The maximum atomic E-state index is 11.8. The summed E-state index contributed by atoms with van der Waals surface area (Å²) in [6.45, 7) is 0. The number of thioether (sulfide) groups is 1. The first-order valence-corrected chi connectivity index (χ1v) is 5.19. The molecule has 0 aliphatic carbocycles. The average Bonchev–Trinajstić information content (AvgIpc) is 2.14. The van der Waals surface area contributed by atoms with Gasteiger partial charge in [-0.1, -0.05) is 0 Å². The maximum Gasteiger partial charge on any atom is 0.415 e. The number of rotatable bonds is 7. The number of carboxylic acid groups (broad SMARTS) is 1. The number of nitrogens with one attached hydrogen (secondary N) is 1. The van der Waals surface area contributed by atoms with Crippen LogP contribution in [0.1, 0.15) is 0 Å². The molecule has 3 N–H and O–H groups in total. The molecule has 0 spiro atoms. The molecule has 0 bridgehead atoms. The van der Waals surface area contributed by atoms with Crippen molar-refractivity contribution in [3.8, 4) is 0 Å². The van der Waals surface area contributed by atoms with Crippen molar-refractivity contribution < 1.29 is 33.0 Å². The summed E-state index contributed by atoms with van der Waals surface area (Å²) in [6.07, 6.45) is -7.06. The van der Waals surface area contributed by atoms with Crippen molar-refractivity contribution >= 4 is 24.1 Å². The quantitative estimate of drug-likeness (QED) is 0.554. The monoisotopic (exact) mass is 261 g/mol. The van der Waals surface area contributed by atoms with E-state index in [4.69, 9.17) is 10.2 Å². The van der Waals surface area contributed by atoms with Crippen molar-refractivity contribution in [2.24, 2.45) is 0 Å². The number of aliphatic hydroxyl groups excluding tert-OH is 1. The number of halogens is 3. The van der Waals surface area contributed by atoms with Crippen LogP contribution in [0, 0.1) is 0 Å². The van der Waals surface area contributed by atoms with E-state index in [1.54, 1.807) is 0 Å². The van der Waals surface area contributed by atoms with Gasteiger partial charge in [-0.3, -0.25) is 4.79 Å². The molecular formula is C7H10F3NO4S. The van der Waals surface area contributed by atoms with E-state index in [0.29, 0.717) is 11.8 Å². The Morgan fingerprint density at radius 1 is 1.44 bits per heavy atom. The molecule has 9 heteroatoms. The highest BCUT2D eigenvalue weighted by Gasteiger charge is 2.38. The second-order valence-corrected chi connectivity index (χ2v) is 3.85. The summed E-state index contributed by atoms with van der Waals surface area (Å²) in [5.41, 5.74) is 0. The van der Waals surface area contributed by atoms with Gasteiger partial charge in [-0.25, -0.2) is 4.79 Å². The summed E-state index contributed by atoms with van der Waals surface area (Å²) in [4.78, 5) is 20.4. The number of carboxylic acids is 1. The zero-order valence-corrected chi connectivity index (χ0v) is 8.72. The summed E-state index contributed by atoms with van der Waals surface area (Å²) in [6, 6.07) is -1.26. The lowest BCUT2D eigenvalue weighted by molar-refractivity contribution is -0.195. The van der Waals surface area contributed by atoms with E-state index in [1.165, 1.54) is 0 Å². The van der Waals surface area contributed by atoms with Crippen molar-refractivity contribution in [1.29, 1.82) is 0 Å². The van der Waals surface area contributed by atoms with Gasteiger partial charge in [-0.2, -0.15) is 24.9 Å². The summed E-state index contributed by atoms with van der Waals surface area (Å²) in [7, 11) is 0. The predicted octanol–water partition coefficient (Wildman–Crippen LogP) is -0.158. The minimum absolute atomic E-state index is 0.152. The van der Waals surface area contributed by atoms with Crippen LogP contribution in [0.25, 0.3) is 0 Å². The number of carbonyl (C=O) groups excluding carboxylic acids is 1. The third-order valence-corrected chi connectivity index (χ3v) is 2.63. The normalized spacial score (nSPS) is 15.2. The smallest absolute Gasteiger partial charge is 0.415 e. The van der Waals surface area contributed by atoms with Crippen LogP contribution in [-0.2, 0) is 9.59 Å². The van der Waals surface area contributed by atoms with Gasteiger partial charge in [0.15, 0.2) is 6.10 Å². The number of aliphatic hydroxyl groups is 1. The number of hydrogen-bond donors (Lipinski definition) is 3. The second kappa shape index (κ2) is 6.59. The average molecular weight is 261 g/mol. The van der Waals surface area contributed by atoms with Crippen molar-refractivity contribution in [3.05, 3.63) is 0 Å². The number of aliphatic carboxylic acids is 1. The largest absolute Gasteiger partial charge is 0.480 e. The summed E-state index contributed by atoms with van der Waals surface area (Å²) >= 11 is 0.592. The van der Waals surface area contributed by atoms with Gasteiger partial charge < -0.3 is 15.5 Å². The van der Waals surface area contributed by atoms with E-state index in [1.807, 2.05) is 5.32 Å². The molecule has 0 fully saturated rings. The summed E-state index contributed by atoms with van der Waals surface area (Å²) in [5, 5.41) is 19.0. The van der Waals surface area contributed by atoms with Crippen LogP contribution in [0.2, 0.25) is 0 Å². The topological polar surface area (TPSA) is 86.6 Å². The highest BCUT2D eigenvalue weighted by molar-refractivity contribution is 7.99. The van der Waals surface area contributed by atoms with Gasteiger partial charge in [0.25, 0.3) is 0 Å². The number of hydrogen-bond acceptors (Lipinski definition) is 4. The van der Waals surface area contributed by atoms with Gasteiger partial charge >= 0.3 is 12.1 Å².